The summed E-state index contributed by atoms with van der Waals surface area (Å²) in [4.78, 5) is 7.65. The van der Waals surface area contributed by atoms with Crippen LogP contribution in [0.1, 0.15) is 17.3 Å². The van der Waals surface area contributed by atoms with Crippen LogP contribution in [0.2, 0.25) is 5.02 Å². The van der Waals surface area contributed by atoms with E-state index in [9.17, 15) is 13.2 Å². The van der Waals surface area contributed by atoms with E-state index in [1.807, 2.05) is 0 Å². The Bertz CT molecular complexity index is 588. The summed E-state index contributed by atoms with van der Waals surface area (Å²) in [5.41, 5.74) is -0.878. The van der Waals surface area contributed by atoms with Crippen LogP contribution < -0.4 is 0 Å². The van der Waals surface area contributed by atoms with E-state index in [1.54, 1.807) is 6.92 Å². The zero-order valence-electron chi connectivity index (χ0n) is 9.53. The molecule has 0 amide bonds. The average molecular weight is 310 g/mol. The molecule has 0 aromatic carbocycles. The van der Waals surface area contributed by atoms with Gasteiger partial charge in [-0.2, -0.15) is 18.2 Å². The van der Waals surface area contributed by atoms with Gasteiger partial charge in [-0.1, -0.05) is 28.5 Å². The highest BCUT2D eigenvalue weighted by molar-refractivity contribution is 7.98. The normalized spacial score (nSPS) is 11.8. The molecular weight excluding hydrogens is 303 g/mol. The lowest BCUT2D eigenvalue weighted by molar-refractivity contribution is -0.137. The van der Waals surface area contributed by atoms with Crippen LogP contribution >= 0.6 is 23.4 Å². The first kappa shape index (κ1) is 14.1. The Hall–Kier alpha value is -1.28. The van der Waals surface area contributed by atoms with Crippen LogP contribution in [0.5, 0.6) is 0 Å². The van der Waals surface area contributed by atoms with E-state index in [-0.39, 0.29) is 10.0 Å². The van der Waals surface area contributed by atoms with Crippen LogP contribution in [0, 0.1) is 6.92 Å². The first-order valence-electron chi connectivity index (χ1n) is 5.01. The number of pyridine rings is 1. The van der Waals surface area contributed by atoms with Crippen molar-refractivity contribution >= 4 is 23.4 Å². The van der Waals surface area contributed by atoms with Crippen molar-refractivity contribution in [3.05, 3.63) is 34.6 Å². The van der Waals surface area contributed by atoms with Crippen molar-refractivity contribution in [2.75, 3.05) is 0 Å². The van der Waals surface area contributed by atoms with E-state index < -0.39 is 11.7 Å². The maximum absolute atomic E-state index is 12.4. The monoisotopic (exact) mass is 309 g/mol. The Morgan fingerprint density at radius 1 is 1.42 bits per heavy atom. The van der Waals surface area contributed by atoms with E-state index in [0.717, 1.165) is 24.0 Å². The van der Waals surface area contributed by atoms with Crippen LogP contribution in [-0.2, 0) is 11.9 Å². The summed E-state index contributed by atoms with van der Waals surface area (Å²) in [6, 6.07) is 0.846. The summed E-state index contributed by atoms with van der Waals surface area (Å²) in [6.45, 7) is 1.64. The van der Waals surface area contributed by atoms with Gasteiger partial charge in [-0.25, -0.2) is 4.98 Å². The van der Waals surface area contributed by atoms with Crippen molar-refractivity contribution in [3.63, 3.8) is 0 Å². The number of hydrogen-bond donors (Lipinski definition) is 0. The van der Waals surface area contributed by atoms with Crippen molar-refractivity contribution < 1.29 is 17.7 Å². The number of rotatable bonds is 3. The predicted molar refractivity (Wildman–Crippen MR) is 62.8 cm³/mol. The highest BCUT2D eigenvalue weighted by Crippen LogP contribution is 2.34. The lowest BCUT2D eigenvalue weighted by atomic mass is 10.3. The van der Waals surface area contributed by atoms with Gasteiger partial charge < -0.3 is 4.52 Å². The average Bonchev–Trinajstić information content (AvgIpc) is 2.72. The molecule has 0 unspecified atom stereocenters. The highest BCUT2D eigenvalue weighted by Gasteiger charge is 2.31. The summed E-state index contributed by atoms with van der Waals surface area (Å²) in [7, 11) is 0. The van der Waals surface area contributed by atoms with Gasteiger partial charge >= 0.3 is 6.18 Å². The second-order valence-corrected chi connectivity index (χ2v) is 4.90. The molecule has 0 fully saturated rings. The zero-order valence-corrected chi connectivity index (χ0v) is 11.1. The molecule has 2 heterocycles. The predicted octanol–water partition coefficient (Wildman–Crippen LogP) is 3.74. The first-order chi connectivity index (χ1) is 8.86. The number of thioether (sulfide) groups is 1. The smallest absolute Gasteiger partial charge is 0.340 e. The molecular formula is C10H7ClF3N3OS. The minimum Gasteiger partial charge on any atom is -0.340 e. The van der Waals surface area contributed by atoms with Crippen LogP contribution in [0.4, 0.5) is 13.2 Å². The molecule has 9 heteroatoms. The number of aromatic nitrogens is 3. The highest BCUT2D eigenvalue weighted by atomic mass is 35.5. The van der Waals surface area contributed by atoms with Gasteiger partial charge in [-0.3, -0.25) is 0 Å². The molecule has 19 heavy (non-hydrogen) atoms. The summed E-state index contributed by atoms with van der Waals surface area (Å²) in [5, 5.41) is 3.89. The summed E-state index contributed by atoms with van der Waals surface area (Å²) < 4.78 is 42.0. The molecule has 0 aliphatic carbocycles. The van der Waals surface area contributed by atoms with E-state index in [4.69, 9.17) is 16.1 Å². The van der Waals surface area contributed by atoms with Crippen LogP contribution in [-0.4, -0.2) is 15.1 Å². The van der Waals surface area contributed by atoms with Gasteiger partial charge in [-0.05, 0) is 6.07 Å². The molecule has 0 spiro atoms. The third-order valence-corrected chi connectivity index (χ3v) is 3.44. The van der Waals surface area contributed by atoms with Crippen molar-refractivity contribution in [1.82, 2.24) is 15.1 Å². The number of hydrogen-bond acceptors (Lipinski definition) is 5. The largest absolute Gasteiger partial charge is 0.417 e. The quantitative estimate of drug-likeness (QED) is 0.808. The molecule has 0 saturated carbocycles. The maximum Gasteiger partial charge on any atom is 0.417 e. The minimum absolute atomic E-state index is 0.0555. The molecule has 0 aliphatic heterocycles. The summed E-state index contributed by atoms with van der Waals surface area (Å²) in [6.07, 6.45) is -3.71. The molecule has 0 bridgehead atoms. The Labute approximate surface area is 115 Å². The van der Waals surface area contributed by atoms with Gasteiger partial charge in [0.2, 0.25) is 5.89 Å². The first-order valence-corrected chi connectivity index (χ1v) is 6.37. The Morgan fingerprint density at radius 2 is 2.16 bits per heavy atom. The molecule has 2 rings (SSSR count). The molecule has 2 aromatic heterocycles. The van der Waals surface area contributed by atoms with Crippen LogP contribution in [0.3, 0.4) is 0 Å². The molecule has 0 saturated heterocycles. The van der Waals surface area contributed by atoms with Crippen LogP contribution in [0.25, 0.3) is 0 Å². The fraction of sp³-hybridized carbons (Fsp3) is 0.300. The minimum atomic E-state index is -4.45. The third kappa shape index (κ3) is 3.60. The van der Waals surface area contributed by atoms with Crippen molar-refractivity contribution in [2.45, 2.75) is 23.9 Å². The Morgan fingerprint density at radius 3 is 2.68 bits per heavy atom. The lowest BCUT2D eigenvalue weighted by Gasteiger charge is -2.08. The van der Waals surface area contributed by atoms with Gasteiger partial charge in [0, 0.05) is 13.1 Å². The molecule has 4 nitrogen and oxygen atoms in total. The number of halogens is 4. The van der Waals surface area contributed by atoms with E-state index in [0.29, 0.717) is 17.5 Å². The molecule has 2 aromatic rings. The second-order valence-electron chi connectivity index (χ2n) is 3.53. The van der Waals surface area contributed by atoms with Crippen molar-refractivity contribution in [3.8, 4) is 0 Å². The van der Waals surface area contributed by atoms with E-state index in [2.05, 4.69) is 15.1 Å². The van der Waals surface area contributed by atoms with Gasteiger partial charge in [0.1, 0.15) is 5.03 Å². The maximum atomic E-state index is 12.4. The van der Waals surface area contributed by atoms with Crippen molar-refractivity contribution in [2.24, 2.45) is 0 Å². The number of alkyl halides is 3. The summed E-state index contributed by atoms with van der Waals surface area (Å²) in [5.74, 6) is 1.16. The SMILES string of the molecule is Cc1nc(CSc2ncc(C(F)(F)F)cc2Cl)no1. The molecule has 0 radical (unpaired) electrons. The third-order valence-electron chi connectivity index (χ3n) is 2.04. The zero-order chi connectivity index (χ0) is 14.0. The topological polar surface area (TPSA) is 51.8 Å². The number of nitrogens with zero attached hydrogens (tertiary/aromatic N) is 3. The molecule has 102 valence electrons. The molecule has 0 atom stereocenters. The number of aryl methyl sites for hydroxylation is 1. The van der Waals surface area contributed by atoms with Crippen molar-refractivity contribution in [1.29, 1.82) is 0 Å². The van der Waals surface area contributed by atoms with Gasteiger partial charge in [0.25, 0.3) is 0 Å². The molecule has 0 aliphatic rings. The van der Waals surface area contributed by atoms with Gasteiger partial charge in [0.15, 0.2) is 5.82 Å². The van der Waals surface area contributed by atoms with E-state index in [1.165, 1.54) is 0 Å². The van der Waals surface area contributed by atoms with Crippen LogP contribution in [0.15, 0.2) is 21.8 Å². The Kier molecular flexibility index (Phi) is 4.00. The standard InChI is InChI=1S/C10H7ClF3N3OS/c1-5-16-8(17-18-5)4-19-9-7(11)2-6(3-15-9)10(12,13)14/h2-3H,4H2,1H3. The summed E-state index contributed by atoms with van der Waals surface area (Å²) >= 11 is 6.90. The van der Waals surface area contributed by atoms with E-state index >= 15 is 0 Å². The fourth-order valence-electron chi connectivity index (χ4n) is 1.22. The van der Waals surface area contributed by atoms with Gasteiger partial charge in [0.05, 0.1) is 16.3 Å². The molecule has 0 N–H and O–H groups in total. The fourth-order valence-corrected chi connectivity index (χ4v) is 2.26. The second kappa shape index (κ2) is 5.38. The lowest BCUT2D eigenvalue weighted by Crippen LogP contribution is -2.05. The van der Waals surface area contributed by atoms with Gasteiger partial charge in [-0.15, -0.1) is 0 Å². The Balaban J connectivity index is 2.09.